The Bertz CT molecular complexity index is 859. The van der Waals surface area contributed by atoms with E-state index in [1.807, 2.05) is 73.7 Å². The topological polar surface area (TPSA) is 45.5 Å². The van der Waals surface area contributed by atoms with Crippen LogP contribution in [0.1, 0.15) is 24.3 Å². The molecule has 0 saturated heterocycles. The Morgan fingerprint density at radius 1 is 1.08 bits per heavy atom. The molecule has 2 aromatic carbocycles. The van der Waals surface area contributed by atoms with Crippen LogP contribution < -0.4 is 5.32 Å². The second-order valence-electron chi connectivity index (χ2n) is 6.13. The Morgan fingerprint density at radius 3 is 2.46 bits per heavy atom. The molecule has 4 nitrogen and oxygen atoms in total. The van der Waals surface area contributed by atoms with Crippen LogP contribution in [-0.2, 0) is 6.54 Å². The van der Waals surface area contributed by atoms with Crippen molar-refractivity contribution >= 4 is 17.6 Å². The number of urea groups is 1. The van der Waals surface area contributed by atoms with Gasteiger partial charge in [-0.1, -0.05) is 41.9 Å². The third-order valence-electron chi connectivity index (χ3n) is 4.39. The number of hydrogen-bond donors (Lipinski definition) is 1. The van der Waals surface area contributed by atoms with Gasteiger partial charge in [0.25, 0.3) is 0 Å². The average molecular weight is 369 g/mol. The van der Waals surface area contributed by atoms with Crippen molar-refractivity contribution in [1.29, 1.82) is 0 Å². The summed E-state index contributed by atoms with van der Waals surface area (Å²) in [5.41, 5.74) is 2.04. The van der Waals surface area contributed by atoms with E-state index >= 15 is 0 Å². The summed E-state index contributed by atoms with van der Waals surface area (Å²) in [6.45, 7) is 2.33. The van der Waals surface area contributed by atoms with Crippen LogP contribution in [0.15, 0.2) is 71.1 Å². The van der Waals surface area contributed by atoms with Gasteiger partial charge in [-0.15, -0.1) is 0 Å². The van der Waals surface area contributed by atoms with E-state index in [0.29, 0.717) is 17.3 Å². The fourth-order valence-electron chi connectivity index (χ4n) is 2.66. The van der Waals surface area contributed by atoms with Crippen molar-refractivity contribution in [2.45, 2.75) is 19.5 Å². The number of nitrogens with one attached hydrogen (secondary N) is 1. The van der Waals surface area contributed by atoms with E-state index in [1.54, 1.807) is 11.9 Å². The first-order chi connectivity index (χ1) is 12.5. The summed E-state index contributed by atoms with van der Waals surface area (Å²) in [7, 11) is 1.79. The molecule has 1 unspecified atom stereocenters. The number of benzene rings is 2. The molecule has 0 spiro atoms. The van der Waals surface area contributed by atoms with Crippen molar-refractivity contribution in [3.63, 3.8) is 0 Å². The maximum atomic E-state index is 12.4. The predicted octanol–water partition coefficient (Wildman–Crippen LogP) is 5.50. The lowest BCUT2D eigenvalue weighted by Crippen LogP contribution is -2.38. The summed E-state index contributed by atoms with van der Waals surface area (Å²) in [5, 5.41) is 3.58. The fourth-order valence-corrected chi connectivity index (χ4v) is 2.79. The highest BCUT2D eigenvalue weighted by molar-refractivity contribution is 6.30. The quantitative estimate of drug-likeness (QED) is 0.646. The average Bonchev–Trinajstić information content (AvgIpc) is 3.15. The minimum Gasteiger partial charge on any atom is -0.459 e. The van der Waals surface area contributed by atoms with E-state index in [0.717, 1.165) is 16.9 Å². The van der Waals surface area contributed by atoms with Crippen LogP contribution in [0.3, 0.4) is 0 Å². The van der Waals surface area contributed by atoms with Crippen LogP contribution >= 0.6 is 11.6 Å². The monoisotopic (exact) mass is 368 g/mol. The van der Waals surface area contributed by atoms with Crippen LogP contribution in [0.25, 0.3) is 11.3 Å². The standard InChI is InChI=1S/C21H21ClN2O2/c1-15(16-6-4-3-5-7-16)24(2)21(25)23-14-19-12-13-20(26-19)17-8-10-18(22)11-9-17/h3-13,15H,14H2,1-2H3,(H,23,25). The SMILES string of the molecule is CC(c1ccccc1)N(C)C(=O)NCc1ccc(-c2ccc(Cl)cc2)o1. The molecule has 0 radical (unpaired) electrons. The maximum absolute atomic E-state index is 12.4. The lowest BCUT2D eigenvalue weighted by molar-refractivity contribution is 0.193. The lowest BCUT2D eigenvalue weighted by atomic mass is 10.1. The molecule has 5 heteroatoms. The normalized spacial score (nSPS) is 11.8. The molecule has 0 fully saturated rings. The molecule has 0 aliphatic carbocycles. The first-order valence-corrected chi connectivity index (χ1v) is 8.82. The summed E-state index contributed by atoms with van der Waals surface area (Å²) in [6.07, 6.45) is 0. The number of carbonyl (C=O) groups is 1. The van der Waals surface area contributed by atoms with Crippen molar-refractivity contribution in [2.75, 3.05) is 7.05 Å². The smallest absolute Gasteiger partial charge is 0.318 e. The predicted molar refractivity (Wildman–Crippen MR) is 104 cm³/mol. The third-order valence-corrected chi connectivity index (χ3v) is 4.64. The van der Waals surface area contributed by atoms with Crippen molar-refractivity contribution in [3.05, 3.63) is 83.1 Å². The maximum Gasteiger partial charge on any atom is 0.318 e. The summed E-state index contributed by atoms with van der Waals surface area (Å²) in [5.74, 6) is 1.45. The second kappa shape index (κ2) is 8.11. The summed E-state index contributed by atoms with van der Waals surface area (Å²) >= 11 is 5.91. The first-order valence-electron chi connectivity index (χ1n) is 8.45. The number of carbonyl (C=O) groups excluding carboxylic acids is 1. The minimum absolute atomic E-state index is 0.0163. The van der Waals surface area contributed by atoms with Gasteiger partial charge in [0.1, 0.15) is 11.5 Å². The second-order valence-corrected chi connectivity index (χ2v) is 6.57. The van der Waals surface area contributed by atoms with Crippen molar-refractivity contribution in [2.24, 2.45) is 0 Å². The summed E-state index contributed by atoms with van der Waals surface area (Å²) in [6, 6.07) is 21.0. The van der Waals surface area contributed by atoms with Crippen LogP contribution in [0, 0.1) is 0 Å². The number of rotatable bonds is 5. The van der Waals surface area contributed by atoms with Gasteiger partial charge in [0, 0.05) is 17.6 Å². The van der Waals surface area contributed by atoms with Crippen LogP contribution in [0.4, 0.5) is 4.79 Å². The largest absolute Gasteiger partial charge is 0.459 e. The van der Waals surface area contributed by atoms with Gasteiger partial charge in [-0.05, 0) is 48.9 Å². The highest BCUT2D eigenvalue weighted by atomic mass is 35.5. The minimum atomic E-state index is -0.147. The number of amides is 2. The molecular weight excluding hydrogens is 348 g/mol. The van der Waals surface area contributed by atoms with Gasteiger partial charge in [0.2, 0.25) is 0 Å². The van der Waals surface area contributed by atoms with E-state index in [-0.39, 0.29) is 12.1 Å². The van der Waals surface area contributed by atoms with E-state index < -0.39 is 0 Å². The Hall–Kier alpha value is -2.72. The molecule has 1 aromatic heterocycles. The highest BCUT2D eigenvalue weighted by Crippen LogP contribution is 2.24. The molecule has 1 atom stereocenters. The number of halogens is 1. The molecular formula is C21H21ClN2O2. The van der Waals surface area contributed by atoms with Crippen molar-refractivity contribution in [1.82, 2.24) is 10.2 Å². The Labute approximate surface area is 158 Å². The summed E-state index contributed by atoms with van der Waals surface area (Å²) in [4.78, 5) is 14.1. The molecule has 1 heterocycles. The molecule has 3 rings (SSSR count). The van der Waals surface area contributed by atoms with Crippen molar-refractivity contribution < 1.29 is 9.21 Å². The van der Waals surface area contributed by atoms with Gasteiger partial charge in [-0.25, -0.2) is 4.79 Å². The molecule has 2 amide bonds. The van der Waals surface area contributed by atoms with Crippen LogP contribution in [0.2, 0.25) is 5.02 Å². The van der Waals surface area contributed by atoms with Gasteiger partial charge >= 0.3 is 6.03 Å². The van der Waals surface area contributed by atoms with Crippen molar-refractivity contribution in [3.8, 4) is 11.3 Å². The van der Waals surface area contributed by atoms with E-state index in [9.17, 15) is 4.79 Å². The Kier molecular flexibility index (Phi) is 5.64. The van der Waals surface area contributed by atoms with Crippen LogP contribution in [-0.4, -0.2) is 18.0 Å². The Balaban J connectivity index is 1.58. The van der Waals surface area contributed by atoms with E-state index in [2.05, 4.69) is 5.32 Å². The Morgan fingerprint density at radius 2 is 1.77 bits per heavy atom. The third kappa shape index (κ3) is 4.27. The van der Waals surface area contributed by atoms with Crippen LogP contribution in [0.5, 0.6) is 0 Å². The summed E-state index contributed by atoms with van der Waals surface area (Å²) < 4.78 is 5.81. The fraction of sp³-hybridized carbons (Fsp3) is 0.190. The molecule has 0 saturated carbocycles. The number of furan rings is 1. The molecule has 1 N–H and O–H groups in total. The van der Waals surface area contributed by atoms with Gasteiger partial charge in [0.05, 0.1) is 12.6 Å². The van der Waals surface area contributed by atoms with E-state index in [1.165, 1.54) is 0 Å². The number of nitrogens with zero attached hydrogens (tertiary/aromatic N) is 1. The van der Waals surface area contributed by atoms with E-state index in [4.69, 9.17) is 16.0 Å². The molecule has 0 aliphatic heterocycles. The van der Waals surface area contributed by atoms with Gasteiger partial charge in [-0.3, -0.25) is 0 Å². The molecule has 134 valence electrons. The van der Waals surface area contributed by atoms with Gasteiger partial charge < -0.3 is 14.6 Å². The molecule has 0 aliphatic rings. The zero-order chi connectivity index (χ0) is 18.5. The lowest BCUT2D eigenvalue weighted by Gasteiger charge is -2.25. The zero-order valence-electron chi connectivity index (χ0n) is 14.8. The van der Waals surface area contributed by atoms with Gasteiger partial charge in [-0.2, -0.15) is 0 Å². The molecule has 26 heavy (non-hydrogen) atoms. The highest BCUT2D eigenvalue weighted by Gasteiger charge is 2.17. The zero-order valence-corrected chi connectivity index (χ0v) is 15.5. The number of hydrogen-bond acceptors (Lipinski definition) is 2. The van der Waals surface area contributed by atoms with Gasteiger partial charge in [0.15, 0.2) is 0 Å². The molecule has 0 bridgehead atoms. The first kappa shape index (κ1) is 18.1. The molecule has 3 aromatic rings.